The van der Waals surface area contributed by atoms with Crippen molar-refractivity contribution in [2.24, 2.45) is 0 Å². The fraction of sp³-hybridized carbons (Fsp3) is 0.167. The number of rotatable bonds is 3. The quantitative estimate of drug-likeness (QED) is 0.881. The van der Waals surface area contributed by atoms with Crippen LogP contribution >= 0.6 is 0 Å². The largest absolute Gasteiger partial charge is 0.328 e. The molecule has 2 rings (SSSR count). The minimum Gasteiger partial charge on any atom is -0.328 e. The molecule has 4 nitrogen and oxygen atoms in total. The van der Waals surface area contributed by atoms with Gasteiger partial charge in [0.05, 0.1) is 6.33 Å². The molecule has 0 bridgehead atoms. The minimum absolute atomic E-state index is 0.162. The molecule has 1 aromatic carbocycles. The lowest BCUT2D eigenvalue weighted by Gasteiger charge is -2.06. The van der Waals surface area contributed by atoms with Crippen LogP contribution in [0, 0.1) is 12.7 Å². The second kappa shape index (κ2) is 4.78. The molecule has 0 atom stereocenters. The van der Waals surface area contributed by atoms with Crippen molar-refractivity contribution in [2.75, 3.05) is 5.32 Å². The molecule has 0 aliphatic carbocycles. The van der Waals surface area contributed by atoms with Gasteiger partial charge < -0.3 is 9.88 Å². The third kappa shape index (κ3) is 2.90. The Morgan fingerprint density at radius 2 is 2.35 bits per heavy atom. The molecule has 0 aliphatic rings. The van der Waals surface area contributed by atoms with E-state index in [-0.39, 0.29) is 18.3 Å². The molecule has 0 aliphatic heterocycles. The van der Waals surface area contributed by atoms with Crippen molar-refractivity contribution in [3.05, 3.63) is 48.3 Å². The summed E-state index contributed by atoms with van der Waals surface area (Å²) in [6.45, 7) is 1.84. The van der Waals surface area contributed by atoms with Crippen molar-refractivity contribution in [1.29, 1.82) is 0 Å². The van der Waals surface area contributed by atoms with Gasteiger partial charge >= 0.3 is 0 Å². The van der Waals surface area contributed by atoms with Crippen LogP contribution in [-0.2, 0) is 11.3 Å². The highest BCUT2D eigenvalue weighted by molar-refractivity contribution is 5.90. The van der Waals surface area contributed by atoms with E-state index in [1.54, 1.807) is 42.3 Å². The number of hydrogen-bond donors (Lipinski definition) is 1. The lowest BCUT2D eigenvalue weighted by molar-refractivity contribution is -0.116. The number of nitrogens with zero attached hydrogens (tertiary/aromatic N) is 2. The first-order chi connectivity index (χ1) is 8.15. The van der Waals surface area contributed by atoms with Crippen molar-refractivity contribution in [3.8, 4) is 0 Å². The maximum absolute atomic E-state index is 13.2. The molecule has 0 saturated carbocycles. The Morgan fingerprint density at radius 3 is 3.00 bits per heavy atom. The highest BCUT2D eigenvalue weighted by atomic mass is 19.1. The van der Waals surface area contributed by atoms with Crippen molar-refractivity contribution >= 4 is 11.6 Å². The van der Waals surface area contributed by atoms with Gasteiger partial charge in [-0.1, -0.05) is 6.07 Å². The Balaban J connectivity index is 2.00. The molecule has 5 heteroatoms. The van der Waals surface area contributed by atoms with Crippen LogP contribution in [0.15, 0.2) is 36.9 Å². The normalized spacial score (nSPS) is 10.2. The smallest absolute Gasteiger partial charge is 0.244 e. The number of carbonyl (C=O) groups is 1. The summed E-state index contributed by atoms with van der Waals surface area (Å²) in [7, 11) is 0. The maximum Gasteiger partial charge on any atom is 0.244 e. The molecule has 0 fully saturated rings. The van der Waals surface area contributed by atoms with Crippen molar-refractivity contribution < 1.29 is 9.18 Å². The Labute approximate surface area is 98.1 Å². The summed E-state index contributed by atoms with van der Waals surface area (Å²) < 4.78 is 14.9. The zero-order valence-corrected chi connectivity index (χ0v) is 9.35. The van der Waals surface area contributed by atoms with Crippen LogP contribution in [0.5, 0.6) is 0 Å². The number of amides is 1. The lowest BCUT2D eigenvalue weighted by atomic mass is 10.2. The first kappa shape index (κ1) is 11.3. The average molecular weight is 233 g/mol. The molecule has 1 N–H and O–H groups in total. The first-order valence-electron chi connectivity index (χ1n) is 5.17. The number of aryl methyl sites for hydroxylation is 1. The van der Waals surface area contributed by atoms with Crippen LogP contribution in [0.25, 0.3) is 0 Å². The van der Waals surface area contributed by atoms with E-state index in [9.17, 15) is 9.18 Å². The second-order valence-electron chi connectivity index (χ2n) is 3.75. The monoisotopic (exact) mass is 233 g/mol. The van der Waals surface area contributed by atoms with Gasteiger partial charge in [0.1, 0.15) is 12.4 Å². The molecule has 88 valence electrons. The highest BCUT2D eigenvalue weighted by Crippen LogP contribution is 2.13. The molecule has 0 radical (unpaired) electrons. The molecular formula is C12H12FN3O. The number of carbonyl (C=O) groups excluding carboxylic acids is 1. The van der Waals surface area contributed by atoms with Crippen molar-refractivity contribution in [2.45, 2.75) is 13.5 Å². The number of aromatic nitrogens is 2. The van der Waals surface area contributed by atoms with Gasteiger partial charge in [0.25, 0.3) is 0 Å². The van der Waals surface area contributed by atoms with Gasteiger partial charge in [-0.05, 0) is 24.6 Å². The summed E-state index contributed by atoms with van der Waals surface area (Å²) in [5.41, 5.74) is 1.01. The van der Waals surface area contributed by atoms with Crippen molar-refractivity contribution in [1.82, 2.24) is 9.55 Å². The molecule has 2 aromatic rings. The Morgan fingerprint density at radius 1 is 1.53 bits per heavy atom. The van der Waals surface area contributed by atoms with Crippen LogP contribution in [0.1, 0.15) is 5.56 Å². The van der Waals surface area contributed by atoms with Crippen molar-refractivity contribution in [3.63, 3.8) is 0 Å². The lowest BCUT2D eigenvalue weighted by Crippen LogP contribution is -2.17. The van der Waals surface area contributed by atoms with Gasteiger partial charge in [0.2, 0.25) is 5.91 Å². The topological polar surface area (TPSA) is 46.9 Å². The van der Waals surface area contributed by atoms with E-state index in [1.165, 1.54) is 6.07 Å². The molecule has 1 heterocycles. The molecular weight excluding hydrogens is 221 g/mol. The number of nitrogens with one attached hydrogen (secondary N) is 1. The van der Waals surface area contributed by atoms with Gasteiger partial charge in [0.15, 0.2) is 0 Å². The van der Waals surface area contributed by atoms with Gasteiger partial charge in [-0.25, -0.2) is 9.37 Å². The van der Waals surface area contributed by atoms with Gasteiger partial charge in [0, 0.05) is 18.1 Å². The van der Waals surface area contributed by atoms with E-state index >= 15 is 0 Å². The van der Waals surface area contributed by atoms with E-state index in [0.717, 1.165) is 0 Å². The average Bonchev–Trinajstić information content (AvgIpc) is 2.76. The van der Waals surface area contributed by atoms with Crippen LogP contribution in [0.2, 0.25) is 0 Å². The molecule has 0 spiro atoms. The number of benzene rings is 1. The zero-order valence-electron chi connectivity index (χ0n) is 9.35. The van der Waals surface area contributed by atoms with Gasteiger partial charge in [-0.15, -0.1) is 0 Å². The van der Waals surface area contributed by atoms with E-state index in [2.05, 4.69) is 10.3 Å². The van der Waals surface area contributed by atoms with E-state index in [1.807, 2.05) is 0 Å². The van der Waals surface area contributed by atoms with E-state index in [0.29, 0.717) is 11.3 Å². The van der Waals surface area contributed by atoms with E-state index < -0.39 is 0 Å². The van der Waals surface area contributed by atoms with Crippen LogP contribution in [0.4, 0.5) is 10.1 Å². The summed E-state index contributed by atoms with van der Waals surface area (Å²) in [4.78, 5) is 15.4. The third-order valence-electron chi connectivity index (χ3n) is 2.34. The summed E-state index contributed by atoms with van der Waals surface area (Å²) in [5.74, 6) is -0.545. The minimum atomic E-state index is -0.328. The van der Waals surface area contributed by atoms with Crippen LogP contribution in [0.3, 0.4) is 0 Å². The molecule has 17 heavy (non-hydrogen) atoms. The molecule has 1 amide bonds. The maximum atomic E-state index is 13.2. The number of imidazole rings is 1. The molecule has 0 unspecified atom stereocenters. The number of hydrogen-bond acceptors (Lipinski definition) is 2. The Hall–Kier alpha value is -2.17. The van der Waals surface area contributed by atoms with Gasteiger partial charge in [-0.2, -0.15) is 0 Å². The summed E-state index contributed by atoms with van der Waals surface area (Å²) in [6.07, 6.45) is 4.84. The standard InChI is InChI=1S/C12H12FN3O/c1-9-2-3-10(6-11(9)13)15-12(17)7-16-5-4-14-8-16/h2-6,8H,7H2,1H3,(H,15,17). The predicted molar refractivity (Wildman–Crippen MR) is 62.0 cm³/mol. The summed E-state index contributed by atoms with van der Waals surface area (Å²) in [5, 5.41) is 2.62. The fourth-order valence-corrected chi connectivity index (χ4v) is 1.42. The fourth-order valence-electron chi connectivity index (χ4n) is 1.42. The second-order valence-corrected chi connectivity index (χ2v) is 3.75. The Kier molecular flexibility index (Phi) is 3.18. The van der Waals surface area contributed by atoms with Crippen LogP contribution < -0.4 is 5.32 Å². The first-order valence-corrected chi connectivity index (χ1v) is 5.17. The van der Waals surface area contributed by atoms with Crippen LogP contribution in [-0.4, -0.2) is 15.5 Å². The Bertz CT molecular complexity index is 523. The predicted octanol–water partition coefficient (Wildman–Crippen LogP) is 1.97. The summed E-state index contributed by atoms with van der Waals surface area (Å²) >= 11 is 0. The number of anilines is 1. The van der Waals surface area contributed by atoms with Gasteiger partial charge in [-0.3, -0.25) is 4.79 Å². The highest BCUT2D eigenvalue weighted by Gasteiger charge is 2.05. The van der Waals surface area contributed by atoms with E-state index in [4.69, 9.17) is 0 Å². The molecule has 1 aromatic heterocycles. The number of halogens is 1. The summed E-state index contributed by atoms with van der Waals surface area (Å²) in [6, 6.07) is 4.60. The SMILES string of the molecule is Cc1ccc(NC(=O)Cn2ccnc2)cc1F. The molecule has 0 saturated heterocycles. The zero-order chi connectivity index (χ0) is 12.3. The third-order valence-corrected chi connectivity index (χ3v) is 2.34.